The molecule has 0 aliphatic carbocycles. The number of carbonyl (C=O) groups is 1. The first-order chi connectivity index (χ1) is 7.66. The first kappa shape index (κ1) is 10.6. The SMILES string of the molecule is Cc1cc(NC(=O)c2cccnc2Cl)on1. The lowest BCUT2D eigenvalue weighted by atomic mass is 10.2. The summed E-state index contributed by atoms with van der Waals surface area (Å²) in [5, 5.41) is 6.32. The number of halogens is 1. The van der Waals surface area contributed by atoms with Crippen LogP contribution in [0.15, 0.2) is 28.9 Å². The monoisotopic (exact) mass is 237 g/mol. The summed E-state index contributed by atoms with van der Waals surface area (Å²) < 4.78 is 4.85. The molecule has 0 bridgehead atoms. The quantitative estimate of drug-likeness (QED) is 0.814. The van der Waals surface area contributed by atoms with Crippen molar-refractivity contribution in [2.24, 2.45) is 0 Å². The Bertz CT molecular complexity index is 524. The Balaban J connectivity index is 2.18. The molecule has 0 aliphatic heterocycles. The van der Waals surface area contributed by atoms with Gasteiger partial charge in [-0.05, 0) is 19.1 Å². The van der Waals surface area contributed by atoms with Gasteiger partial charge in [-0.15, -0.1) is 0 Å². The van der Waals surface area contributed by atoms with Crippen LogP contribution in [0.25, 0.3) is 0 Å². The summed E-state index contributed by atoms with van der Waals surface area (Å²) in [6, 6.07) is 4.82. The number of hydrogen-bond acceptors (Lipinski definition) is 4. The van der Waals surface area contributed by atoms with Crippen molar-refractivity contribution < 1.29 is 9.32 Å². The van der Waals surface area contributed by atoms with Gasteiger partial charge in [0.1, 0.15) is 5.15 Å². The predicted molar refractivity (Wildman–Crippen MR) is 58.4 cm³/mol. The molecule has 0 aromatic carbocycles. The summed E-state index contributed by atoms with van der Waals surface area (Å²) in [7, 11) is 0. The molecule has 2 rings (SSSR count). The Kier molecular flexibility index (Phi) is 2.87. The number of anilines is 1. The molecule has 0 atom stereocenters. The molecule has 0 saturated carbocycles. The fourth-order valence-electron chi connectivity index (χ4n) is 1.16. The molecule has 16 heavy (non-hydrogen) atoms. The Hall–Kier alpha value is -1.88. The summed E-state index contributed by atoms with van der Waals surface area (Å²) in [5.41, 5.74) is 0.978. The van der Waals surface area contributed by atoms with E-state index in [9.17, 15) is 4.79 Å². The van der Waals surface area contributed by atoms with Gasteiger partial charge in [0.2, 0.25) is 5.88 Å². The minimum Gasteiger partial charge on any atom is -0.338 e. The van der Waals surface area contributed by atoms with E-state index in [1.807, 2.05) is 0 Å². The number of rotatable bonds is 2. The summed E-state index contributed by atoms with van der Waals surface area (Å²) in [6.07, 6.45) is 1.51. The average molecular weight is 238 g/mol. The van der Waals surface area contributed by atoms with E-state index in [4.69, 9.17) is 16.1 Å². The van der Waals surface area contributed by atoms with Gasteiger partial charge in [-0.25, -0.2) is 4.98 Å². The van der Waals surface area contributed by atoms with Crippen molar-refractivity contribution in [3.63, 3.8) is 0 Å². The smallest absolute Gasteiger partial charge is 0.261 e. The first-order valence-corrected chi connectivity index (χ1v) is 4.90. The second-order valence-electron chi connectivity index (χ2n) is 3.13. The molecule has 0 radical (unpaired) electrons. The molecule has 2 aromatic heterocycles. The Labute approximate surface area is 96.4 Å². The minimum absolute atomic E-state index is 0.149. The zero-order valence-electron chi connectivity index (χ0n) is 8.40. The van der Waals surface area contributed by atoms with Gasteiger partial charge in [0.25, 0.3) is 5.91 Å². The third kappa shape index (κ3) is 2.20. The van der Waals surface area contributed by atoms with Crippen LogP contribution in [0.3, 0.4) is 0 Å². The molecule has 2 aromatic rings. The lowest BCUT2D eigenvalue weighted by molar-refractivity contribution is 0.102. The van der Waals surface area contributed by atoms with Gasteiger partial charge < -0.3 is 4.52 Å². The molecular weight excluding hydrogens is 230 g/mol. The highest BCUT2D eigenvalue weighted by molar-refractivity contribution is 6.33. The van der Waals surface area contributed by atoms with E-state index < -0.39 is 0 Å². The maximum absolute atomic E-state index is 11.7. The predicted octanol–water partition coefficient (Wildman–Crippen LogP) is 2.28. The fourth-order valence-corrected chi connectivity index (χ4v) is 1.36. The van der Waals surface area contributed by atoms with E-state index in [0.717, 1.165) is 0 Å². The Morgan fingerprint density at radius 1 is 1.56 bits per heavy atom. The van der Waals surface area contributed by atoms with E-state index >= 15 is 0 Å². The maximum Gasteiger partial charge on any atom is 0.261 e. The van der Waals surface area contributed by atoms with Crippen molar-refractivity contribution in [2.75, 3.05) is 5.32 Å². The molecule has 5 nitrogen and oxygen atoms in total. The summed E-state index contributed by atoms with van der Waals surface area (Å²) in [6.45, 7) is 1.76. The third-order valence-corrected chi connectivity index (χ3v) is 2.17. The molecule has 0 spiro atoms. The second-order valence-corrected chi connectivity index (χ2v) is 3.49. The van der Waals surface area contributed by atoms with Crippen molar-refractivity contribution in [1.29, 1.82) is 0 Å². The zero-order chi connectivity index (χ0) is 11.5. The molecule has 2 heterocycles. The van der Waals surface area contributed by atoms with E-state index in [2.05, 4.69) is 15.5 Å². The van der Waals surface area contributed by atoms with Gasteiger partial charge in [-0.1, -0.05) is 16.8 Å². The number of pyridine rings is 1. The number of nitrogens with zero attached hydrogens (tertiary/aromatic N) is 2. The first-order valence-electron chi connectivity index (χ1n) is 4.52. The number of carbonyl (C=O) groups excluding carboxylic acids is 1. The molecule has 6 heteroatoms. The summed E-state index contributed by atoms with van der Waals surface area (Å²) in [4.78, 5) is 15.5. The molecule has 0 aliphatic rings. The van der Waals surface area contributed by atoms with Gasteiger partial charge in [0.15, 0.2) is 0 Å². The van der Waals surface area contributed by atoms with Crippen LogP contribution in [0, 0.1) is 6.92 Å². The highest BCUT2D eigenvalue weighted by atomic mass is 35.5. The van der Waals surface area contributed by atoms with Gasteiger partial charge in [-0.2, -0.15) is 0 Å². The molecule has 0 fully saturated rings. The van der Waals surface area contributed by atoms with Crippen molar-refractivity contribution in [1.82, 2.24) is 10.1 Å². The highest BCUT2D eigenvalue weighted by Gasteiger charge is 2.12. The zero-order valence-corrected chi connectivity index (χ0v) is 9.15. The van der Waals surface area contributed by atoms with Crippen molar-refractivity contribution in [3.8, 4) is 0 Å². The van der Waals surface area contributed by atoms with Crippen LogP contribution in [0.1, 0.15) is 16.1 Å². The van der Waals surface area contributed by atoms with Gasteiger partial charge >= 0.3 is 0 Å². The van der Waals surface area contributed by atoms with Gasteiger partial charge in [-0.3, -0.25) is 10.1 Å². The largest absolute Gasteiger partial charge is 0.338 e. The Morgan fingerprint density at radius 3 is 3.00 bits per heavy atom. The van der Waals surface area contributed by atoms with E-state index in [1.165, 1.54) is 6.20 Å². The van der Waals surface area contributed by atoms with Crippen LogP contribution < -0.4 is 5.32 Å². The topological polar surface area (TPSA) is 68.0 Å². The standard InChI is InChI=1S/C10H8ClN3O2/c1-6-5-8(16-14-6)13-10(15)7-3-2-4-12-9(7)11/h2-5H,1H3,(H,13,15). The van der Waals surface area contributed by atoms with Gasteiger partial charge in [0.05, 0.1) is 11.3 Å². The molecule has 1 amide bonds. The van der Waals surface area contributed by atoms with Crippen LogP contribution in [-0.4, -0.2) is 16.0 Å². The number of hydrogen-bond donors (Lipinski definition) is 1. The molecule has 0 unspecified atom stereocenters. The summed E-state index contributed by atoms with van der Waals surface area (Å²) in [5.74, 6) is -0.100. The second kappa shape index (κ2) is 4.32. The van der Waals surface area contributed by atoms with Crippen LogP contribution in [-0.2, 0) is 0 Å². The van der Waals surface area contributed by atoms with Crippen molar-refractivity contribution in [3.05, 3.63) is 40.8 Å². The normalized spacial score (nSPS) is 10.1. The van der Waals surface area contributed by atoms with E-state index in [1.54, 1.807) is 25.1 Å². The third-order valence-electron chi connectivity index (χ3n) is 1.87. The van der Waals surface area contributed by atoms with Crippen LogP contribution in [0.4, 0.5) is 5.88 Å². The van der Waals surface area contributed by atoms with Crippen LogP contribution >= 0.6 is 11.6 Å². The van der Waals surface area contributed by atoms with E-state index in [0.29, 0.717) is 11.3 Å². The maximum atomic E-state index is 11.7. The molecule has 0 saturated heterocycles. The highest BCUT2D eigenvalue weighted by Crippen LogP contribution is 2.15. The van der Waals surface area contributed by atoms with E-state index in [-0.39, 0.29) is 16.9 Å². The molecular formula is C10H8ClN3O2. The average Bonchev–Trinajstić information content (AvgIpc) is 2.64. The Morgan fingerprint density at radius 2 is 2.38 bits per heavy atom. The molecule has 1 N–H and O–H groups in total. The van der Waals surface area contributed by atoms with Crippen LogP contribution in [0.5, 0.6) is 0 Å². The molecule has 82 valence electrons. The fraction of sp³-hybridized carbons (Fsp3) is 0.100. The number of nitrogens with one attached hydrogen (secondary N) is 1. The number of aryl methyl sites for hydroxylation is 1. The van der Waals surface area contributed by atoms with Crippen LogP contribution in [0.2, 0.25) is 5.15 Å². The lowest BCUT2D eigenvalue weighted by Gasteiger charge is -2.01. The van der Waals surface area contributed by atoms with Gasteiger partial charge in [0, 0.05) is 12.3 Å². The number of amides is 1. The number of aromatic nitrogens is 2. The minimum atomic E-state index is -0.380. The lowest BCUT2D eigenvalue weighted by Crippen LogP contribution is -2.12. The van der Waals surface area contributed by atoms with Crippen molar-refractivity contribution >= 4 is 23.4 Å². The van der Waals surface area contributed by atoms with Crippen molar-refractivity contribution in [2.45, 2.75) is 6.92 Å². The summed E-state index contributed by atoms with van der Waals surface area (Å²) >= 11 is 5.77.